The highest BCUT2D eigenvalue weighted by molar-refractivity contribution is 5.94. The number of ether oxygens (including phenoxy) is 1. The van der Waals surface area contributed by atoms with Crippen LogP contribution in [0.3, 0.4) is 0 Å². The molecule has 19 heavy (non-hydrogen) atoms. The topological polar surface area (TPSA) is 46.5 Å². The molecule has 2 rings (SSSR count). The van der Waals surface area contributed by atoms with Crippen LogP contribution in [0.4, 0.5) is 0 Å². The number of aryl methyl sites for hydroxylation is 1. The van der Waals surface area contributed by atoms with Crippen LogP contribution in [0, 0.1) is 0 Å². The van der Waals surface area contributed by atoms with E-state index in [2.05, 4.69) is 6.92 Å². The van der Waals surface area contributed by atoms with Gasteiger partial charge in [-0.15, -0.1) is 0 Å². The van der Waals surface area contributed by atoms with Crippen LogP contribution in [-0.2, 0) is 6.42 Å². The average molecular weight is 256 g/mol. The first kappa shape index (κ1) is 13.1. The van der Waals surface area contributed by atoms with E-state index in [-0.39, 0.29) is 5.56 Å². The van der Waals surface area contributed by atoms with Gasteiger partial charge in [0.25, 0.3) is 0 Å². The number of aromatic carboxylic acids is 1. The van der Waals surface area contributed by atoms with Gasteiger partial charge in [-0.3, -0.25) is 0 Å². The maximum atomic E-state index is 11.2. The molecular weight excluding hydrogens is 240 g/mol. The van der Waals surface area contributed by atoms with Crippen molar-refractivity contribution in [1.29, 1.82) is 0 Å². The summed E-state index contributed by atoms with van der Waals surface area (Å²) in [5.74, 6) is -0.566. The smallest absolute Gasteiger partial charge is 0.339 e. The Labute approximate surface area is 112 Å². The number of hydrogen-bond acceptors (Lipinski definition) is 2. The van der Waals surface area contributed by atoms with Crippen molar-refractivity contribution in [2.24, 2.45) is 0 Å². The first-order valence-electron chi connectivity index (χ1n) is 6.17. The standard InChI is InChI=1S/C16H16O3/c1-3-11-7-4-5-8-12(11)13-9-6-10-14(16(17)18)15(13)19-2/h4-10H,3H2,1-2H3,(H,17,18). The number of benzene rings is 2. The molecule has 0 atom stereocenters. The molecule has 3 nitrogen and oxygen atoms in total. The minimum absolute atomic E-state index is 0.186. The monoisotopic (exact) mass is 256 g/mol. The minimum Gasteiger partial charge on any atom is -0.495 e. The van der Waals surface area contributed by atoms with Crippen LogP contribution in [0.1, 0.15) is 22.8 Å². The Balaban J connectivity index is 2.68. The molecule has 0 aliphatic carbocycles. The number of methoxy groups -OCH3 is 1. The van der Waals surface area contributed by atoms with Gasteiger partial charge in [0.15, 0.2) is 0 Å². The lowest BCUT2D eigenvalue weighted by Crippen LogP contribution is -2.02. The van der Waals surface area contributed by atoms with Gasteiger partial charge in [-0.05, 0) is 23.6 Å². The number of hydrogen-bond donors (Lipinski definition) is 1. The van der Waals surface area contributed by atoms with Crippen molar-refractivity contribution in [2.75, 3.05) is 7.11 Å². The summed E-state index contributed by atoms with van der Waals surface area (Å²) in [6.45, 7) is 2.08. The van der Waals surface area contributed by atoms with Crippen molar-refractivity contribution in [1.82, 2.24) is 0 Å². The highest BCUT2D eigenvalue weighted by Gasteiger charge is 2.16. The fraction of sp³-hybridized carbons (Fsp3) is 0.188. The summed E-state index contributed by atoms with van der Waals surface area (Å²) in [5, 5.41) is 9.21. The fourth-order valence-electron chi connectivity index (χ4n) is 2.23. The van der Waals surface area contributed by atoms with E-state index in [9.17, 15) is 9.90 Å². The second-order valence-electron chi connectivity index (χ2n) is 4.20. The van der Waals surface area contributed by atoms with Crippen molar-refractivity contribution in [3.8, 4) is 16.9 Å². The van der Waals surface area contributed by atoms with Gasteiger partial charge in [0, 0.05) is 5.56 Å². The predicted molar refractivity (Wildman–Crippen MR) is 74.8 cm³/mol. The molecule has 0 spiro atoms. The van der Waals surface area contributed by atoms with E-state index < -0.39 is 5.97 Å². The molecule has 0 aliphatic rings. The zero-order valence-corrected chi connectivity index (χ0v) is 11.0. The Kier molecular flexibility index (Phi) is 3.85. The zero-order chi connectivity index (χ0) is 13.8. The molecule has 0 unspecified atom stereocenters. The third-order valence-corrected chi connectivity index (χ3v) is 3.14. The van der Waals surface area contributed by atoms with Gasteiger partial charge in [0.1, 0.15) is 11.3 Å². The van der Waals surface area contributed by atoms with Crippen LogP contribution in [0.25, 0.3) is 11.1 Å². The van der Waals surface area contributed by atoms with Gasteiger partial charge >= 0.3 is 5.97 Å². The van der Waals surface area contributed by atoms with E-state index in [0.29, 0.717) is 5.75 Å². The fourth-order valence-corrected chi connectivity index (χ4v) is 2.23. The van der Waals surface area contributed by atoms with E-state index in [1.165, 1.54) is 12.7 Å². The third-order valence-electron chi connectivity index (χ3n) is 3.14. The van der Waals surface area contributed by atoms with Crippen LogP contribution >= 0.6 is 0 Å². The Morgan fingerprint density at radius 3 is 2.42 bits per heavy atom. The van der Waals surface area contributed by atoms with E-state index in [1.807, 2.05) is 30.3 Å². The Morgan fingerprint density at radius 2 is 1.79 bits per heavy atom. The number of carboxylic acids is 1. The summed E-state index contributed by atoms with van der Waals surface area (Å²) >= 11 is 0. The number of para-hydroxylation sites is 1. The molecule has 0 saturated carbocycles. The number of carbonyl (C=O) groups is 1. The van der Waals surface area contributed by atoms with Gasteiger partial charge < -0.3 is 9.84 Å². The lowest BCUT2D eigenvalue weighted by molar-refractivity contribution is 0.0693. The summed E-state index contributed by atoms with van der Waals surface area (Å²) < 4.78 is 5.31. The quantitative estimate of drug-likeness (QED) is 0.908. The average Bonchev–Trinajstić information content (AvgIpc) is 2.46. The van der Waals surface area contributed by atoms with Gasteiger partial charge in [0.05, 0.1) is 7.11 Å². The molecule has 0 radical (unpaired) electrons. The molecule has 0 amide bonds. The zero-order valence-electron chi connectivity index (χ0n) is 11.0. The van der Waals surface area contributed by atoms with Crippen LogP contribution in [0.15, 0.2) is 42.5 Å². The van der Waals surface area contributed by atoms with Crippen LogP contribution < -0.4 is 4.74 Å². The molecule has 1 N–H and O–H groups in total. The lowest BCUT2D eigenvalue weighted by atomic mass is 9.95. The van der Waals surface area contributed by atoms with Crippen LogP contribution in [0.2, 0.25) is 0 Å². The molecule has 2 aromatic rings. The third kappa shape index (κ3) is 2.45. The van der Waals surface area contributed by atoms with Crippen molar-refractivity contribution in [3.05, 3.63) is 53.6 Å². The second-order valence-corrected chi connectivity index (χ2v) is 4.20. The van der Waals surface area contributed by atoms with Crippen molar-refractivity contribution in [3.63, 3.8) is 0 Å². The molecule has 0 heterocycles. The number of rotatable bonds is 4. The summed E-state index contributed by atoms with van der Waals surface area (Å²) in [4.78, 5) is 11.2. The first-order valence-corrected chi connectivity index (χ1v) is 6.17. The van der Waals surface area contributed by atoms with Crippen molar-refractivity contribution in [2.45, 2.75) is 13.3 Å². The summed E-state index contributed by atoms with van der Waals surface area (Å²) in [6.07, 6.45) is 0.886. The summed E-state index contributed by atoms with van der Waals surface area (Å²) in [7, 11) is 1.50. The predicted octanol–water partition coefficient (Wildman–Crippen LogP) is 3.62. The highest BCUT2D eigenvalue weighted by atomic mass is 16.5. The number of carboxylic acid groups (broad SMARTS) is 1. The normalized spacial score (nSPS) is 10.2. The Bertz CT molecular complexity index is 603. The minimum atomic E-state index is -0.979. The van der Waals surface area contributed by atoms with Crippen molar-refractivity contribution >= 4 is 5.97 Å². The van der Waals surface area contributed by atoms with E-state index in [1.54, 1.807) is 12.1 Å². The van der Waals surface area contributed by atoms with E-state index >= 15 is 0 Å². The molecule has 3 heteroatoms. The SMILES string of the molecule is CCc1ccccc1-c1cccc(C(=O)O)c1OC. The molecule has 98 valence electrons. The maximum Gasteiger partial charge on any atom is 0.339 e. The largest absolute Gasteiger partial charge is 0.495 e. The molecule has 0 aromatic heterocycles. The van der Waals surface area contributed by atoms with Gasteiger partial charge in [0.2, 0.25) is 0 Å². The Morgan fingerprint density at radius 1 is 1.11 bits per heavy atom. The van der Waals surface area contributed by atoms with Crippen LogP contribution in [0.5, 0.6) is 5.75 Å². The van der Waals surface area contributed by atoms with Gasteiger partial charge in [-0.1, -0.05) is 43.3 Å². The van der Waals surface area contributed by atoms with E-state index in [0.717, 1.165) is 17.5 Å². The van der Waals surface area contributed by atoms with Crippen molar-refractivity contribution < 1.29 is 14.6 Å². The maximum absolute atomic E-state index is 11.2. The van der Waals surface area contributed by atoms with Gasteiger partial charge in [-0.2, -0.15) is 0 Å². The first-order chi connectivity index (χ1) is 9.19. The highest BCUT2D eigenvalue weighted by Crippen LogP contribution is 2.35. The summed E-state index contributed by atoms with van der Waals surface area (Å²) in [6, 6.07) is 13.1. The second kappa shape index (κ2) is 5.57. The van der Waals surface area contributed by atoms with Crippen LogP contribution in [-0.4, -0.2) is 18.2 Å². The molecule has 0 aliphatic heterocycles. The molecule has 0 saturated heterocycles. The molecule has 0 bridgehead atoms. The van der Waals surface area contributed by atoms with Gasteiger partial charge in [-0.25, -0.2) is 4.79 Å². The molecular formula is C16H16O3. The summed E-state index contributed by atoms with van der Waals surface area (Å²) in [5.41, 5.74) is 3.19. The lowest BCUT2D eigenvalue weighted by Gasteiger charge is -2.14. The molecule has 2 aromatic carbocycles. The van der Waals surface area contributed by atoms with E-state index in [4.69, 9.17) is 4.74 Å². The Hall–Kier alpha value is -2.29. The molecule has 0 fully saturated rings.